The van der Waals surface area contributed by atoms with Crippen molar-refractivity contribution in [3.8, 4) is 11.5 Å². The Bertz CT molecular complexity index is 1110. The van der Waals surface area contributed by atoms with Crippen LogP contribution in [0.2, 0.25) is 0 Å². The Balaban J connectivity index is 1.91. The van der Waals surface area contributed by atoms with Crippen molar-refractivity contribution in [3.05, 3.63) is 87.5 Å². The highest BCUT2D eigenvalue weighted by Crippen LogP contribution is 2.25. The Morgan fingerprint density at radius 3 is 2.85 bits per heavy atom. The van der Waals surface area contributed by atoms with Gasteiger partial charge in [-0.25, -0.2) is 6.57 Å². The number of ether oxygens (including phenoxy) is 1. The van der Waals surface area contributed by atoms with E-state index in [1.54, 1.807) is 48.5 Å². The summed E-state index contributed by atoms with van der Waals surface area (Å²) in [6.07, 6.45) is 2.73. The average molecular weight is 346 g/mol. The van der Waals surface area contributed by atoms with Crippen LogP contribution in [0, 0.1) is 6.57 Å². The van der Waals surface area contributed by atoms with Crippen molar-refractivity contribution in [2.24, 2.45) is 0 Å². The second kappa shape index (κ2) is 7.36. The van der Waals surface area contributed by atoms with Gasteiger partial charge in [0.1, 0.15) is 17.1 Å². The van der Waals surface area contributed by atoms with Gasteiger partial charge in [-0.3, -0.25) is 14.4 Å². The summed E-state index contributed by atoms with van der Waals surface area (Å²) >= 11 is 0. The molecule has 2 N–H and O–H groups in total. The zero-order valence-corrected chi connectivity index (χ0v) is 13.6. The summed E-state index contributed by atoms with van der Waals surface area (Å²) in [5, 5.41) is 10.7. The third kappa shape index (κ3) is 3.47. The zero-order chi connectivity index (χ0) is 18.5. The summed E-state index contributed by atoms with van der Waals surface area (Å²) in [6, 6.07) is 13.5. The van der Waals surface area contributed by atoms with Crippen molar-refractivity contribution in [2.45, 2.75) is 0 Å². The highest BCUT2D eigenvalue weighted by atomic mass is 16.5. The monoisotopic (exact) mass is 346 g/mol. The highest BCUT2D eigenvalue weighted by molar-refractivity contribution is 6.11. The Labute approximate surface area is 148 Å². The summed E-state index contributed by atoms with van der Waals surface area (Å²) in [5.41, 5.74) is 0.170. The molecule has 3 rings (SSSR count). The third-order valence-electron chi connectivity index (χ3n) is 3.72. The molecule has 6 heteroatoms. The van der Waals surface area contributed by atoms with Crippen molar-refractivity contribution in [2.75, 3.05) is 6.73 Å². The summed E-state index contributed by atoms with van der Waals surface area (Å²) in [7, 11) is 0. The fraction of sp³-hybridized carbons (Fsp3) is 0.0500. The van der Waals surface area contributed by atoms with Gasteiger partial charge in [-0.1, -0.05) is 30.3 Å². The predicted octanol–water partition coefficient (Wildman–Crippen LogP) is 3.39. The van der Waals surface area contributed by atoms with Crippen LogP contribution in [0.1, 0.15) is 15.9 Å². The molecule has 0 aliphatic heterocycles. The van der Waals surface area contributed by atoms with E-state index in [-0.39, 0.29) is 18.0 Å². The summed E-state index contributed by atoms with van der Waals surface area (Å²) < 4.78 is 5.21. The van der Waals surface area contributed by atoms with Crippen LogP contribution in [0.3, 0.4) is 0 Å². The number of carbonyl (C=O) groups is 1. The second-order valence-corrected chi connectivity index (χ2v) is 5.42. The number of hydrogen-bond acceptors (Lipinski definition) is 4. The molecule has 0 spiro atoms. The number of ketones is 1. The van der Waals surface area contributed by atoms with E-state index in [4.69, 9.17) is 11.3 Å². The maximum absolute atomic E-state index is 12.4. The van der Waals surface area contributed by atoms with Gasteiger partial charge in [0.2, 0.25) is 0 Å². The molecule has 0 fully saturated rings. The molecule has 0 saturated carbocycles. The fourth-order valence-electron chi connectivity index (χ4n) is 2.52. The number of aromatic amines is 1. The Hall–Kier alpha value is -3.85. The van der Waals surface area contributed by atoms with Crippen molar-refractivity contribution < 1.29 is 14.6 Å². The van der Waals surface area contributed by atoms with Crippen LogP contribution >= 0.6 is 0 Å². The van der Waals surface area contributed by atoms with Gasteiger partial charge in [0.15, 0.2) is 5.78 Å². The van der Waals surface area contributed by atoms with E-state index >= 15 is 0 Å². The SMILES string of the molecule is [C-]#[N+]COc1cccc(C=CC(=O)c2c(O)c3ccccc3[nH]c2=O)c1. The summed E-state index contributed by atoms with van der Waals surface area (Å²) in [5.74, 6) is -0.447. The van der Waals surface area contributed by atoms with E-state index in [9.17, 15) is 14.7 Å². The van der Waals surface area contributed by atoms with Crippen molar-refractivity contribution in [1.29, 1.82) is 0 Å². The van der Waals surface area contributed by atoms with Crippen LogP contribution in [0.25, 0.3) is 21.8 Å². The van der Waals surface area contributed by atoms with Crippen LogP contribution in [0.4, 0.5) is 0 Å². The largest absolute Gasteiger partial charge is 0.506 e. The molecule has 0 aliphatic rings. The molecule has 1 heterocycles. The highest BCUT2D eigenvalue weighted by Gasteiger charge is 2.16. The van der Waals surface area contributed by atoms with Gasteiger partial charge in [0.05, 0.1) is 5.52 Å². The summed E-state index contributed by atoms with van der Waals surface area (Å²) in [6.45, 7) is 6.63. The van der Waals surface area contributed by atoms with Gasteiger partial charge < -0.3 is 14.8 Å². The van der Waals surface area contributed by atoms with Crippen LogP contribution < -0.4 is 10.3 Å². The predicted molar refractivity (Wildman–Crippen MR) is 98.1 cm³/mol. The van der Waals surface area contributed by atoms with Crippen LogP contribution in [0.15, 0.2) is 59.4 Å². The van der Waals surface area contributed by atoms with Crippen molar-refractivity contribution in [1.82, 2.24) is 4.98 Å². The number of hydrogen-bond donors (Lipinski definition) is 2. The smallest absolute Gasteiger partial charge is 0.357 e. The van der Waals surface area contributed by atoms with E-state index < -0.39 is 11.3 Å². The number of allylic oxidation sites excluding steroid dienone is 1. The molecule has 2 aromatic carbocycles. The van der Waals surface area contributed by atoms with E-state index in [0.29, 0.717) is 22.2 Å². The molecular formula is C20H14N2O4. The van der Waals surface area contributed by atoms with Gasteiger partial charge in [-0.05, 0) is 35.9 Å². The lowest BCUT2D eigenvalue weighted by Gasteiger charge is -2.05. The molecule has 3 aromatic rings. The second-order valence-electron chi connectivity index (χ2n) is 5.42. The first-order valence-electron chi connectivity index (χ1n) is 7.72. The Kier molecular flexibility index (Phi) is 4.81. The molecule has 0 aliphatic carbocycles. The Morgan fingerprint density at radius 2 is 2.04 bits per heavy atom. The molecule has 128 valence electrons. The van der Waals surface area contributed by atoms with Gasteiger partial charge in [0.25, 0.3) is 5.56 Å². The standard InChI is InChI=1S/C20H14N2O4/c1-21-12-26-14-6-4-5-13(11-14)9-10-17(23)18-19(24)15-7-2-3-8-16(15)22-20(18)25/h2-11H,12H2,(H2,22,24,25). The van der Waals surface area contributed by atoms with E-state index in [1.807, 2.05) is 0 Å². The van der Waals surface area contributed by atoms with E-state index in [0.717, 1.165) is 0 Å². The van der Waals surface area contributed by atoms with E-state index in [1.165, 1.54) is 12.2 Å². The molecule has 0 radical (unpaired) electrons. The van der Waals surface area contributed by atoms with Crippen molar-refractivity contribution in [3.63, 3.8) is 0 Å². The number of aromatic nitrogens is 1. The lowest BCUT2D eigenvalue weighted by atomic mass is 10.1. The van der Waals surface area contributed by atoms with E-state index in [2.05, 4.69) is 9.83 Å². The number of para-hydroxylation sites is 1. The number of rotatable bonds is 5. The summed E-state index contributed by atoms with van der Waals surface area (Å²) in [4.78, 5) is 30.3. The topological polar surface area (TPSA) is 83.8 Å². The van der Waals surface area contributed by atoms with Gasteiger partial charge >= 0.3 is 6.73 Å². The number of nitrogens with one attached hydrogen (secondary N) is 1. The molecule has 0 saturated heterocycles. The third-order valence-corrected chi connectivity index (χ3v) is 3.72. The van der Waals surface area contributed by atoms with Gasteiger partial charge in [-0.15, -0.1) is 0 Å². The lowest BCUT2D eigenvalue weighted by Crippen LogP contribution is -2.16. The van der Waals surface area contributed by atoms with Crippen LogP contribution in [0.5, 0.6) is 11.5 Å². The quantitative estimate of drug-likeness (QED) is 0.421. The Morgan fingerprint density at radius 1 is 1.23 bits per heavy atom. The molecule has 0 bridgehead atoms. The number of nitrogens with zero attached hydrogens (tertiary/aromatic N) is 1. The van der Waals surface area contributed by atoms with Gasteiger partial charge in [-0.2, -0.15) is 0 Å². The zero-order valence-electron chi connectivity index (χ0n) is 13.6. The number of H-pyrrole nitrogens is 1. The molecule has 1 aromatic heterocycles. The van der Waals surface area contributed by atoms with Crippen LogP contribution in [-0.2, 0) is 0 Å². The number of carbonyl (C=O) groups excluding carboxylic acids is 1. The first-order valence-corrected chi connectivity index (χ1v) is 7.72. The fourth-order valence-corrected chi connectivity index (χ4v) is 2.52. The van der Waals surface area contributed by atoms with Crippen LogP contribution in [-0.4, -0.2) is 22.6 Å². The number of benzene rings is 2. The number of aromatic hydroxyl groups is 1. The molecule has 6 nitrogen and oxygen atoms in total. The normalized spacial score (nSPS) is 10.7. The van der Waals surface area contributed by atoms with Crippen molar-refractivity contribution >= 4 is 22.8 Å². The maximum Gasteiger partial charge on any atom is 0.357 e. The minimum atomic E-state index is -0.648. The average Bonchev–Trinajstić information content (AvgIpc) is 2.65. The number of fused-ring (bicyclic) bond motifs is 1. The van der Waals surface area contributed by atoms with Gasteiger partial charge in [0, 0.05) is 5.39 Å². The minimum absolute atomic E-state index is 0.0908. The first kappa shape index (κ1) is 17.0. The lowest BCUT2D eigenvalue weighted by molar-refractivity contribution is 0.104. The molecule has 0 atom stereocenters. The maximum atomic E-state index is 12.4. The first-order chi connectivity index (χ1) is 12.6. The molecule has 26 heavy (non-hydrogen) atoms. The molecule has 0 amide bonds. The molecular weight excluding hydrogens is 332 g/mol. The minimum Gasteiger partial charge on any atom is -0.506 e. The molecule has 0 unspecified atom stereocenters. The number of pyridine rings is 1.